The van der Waals surface area contributed by atoms with E-state index in [1.807, 2.05) is 0 Å². The minimum absolute atomic E-state index is 0.0678. The Balaban J connectivity index is 1.15. The Morgan fingerprint density at radius 3 is 2.12 bits per heavy atom. The molecule has 242 valence electrons. The van der Waals surface area contributed by atoms with Crippen LogP contribution >= 0.6 is 0 Å². The van der Waals surface area contributed by atoms with Gasteiger partial charge in [0.25, 0.3) is 0 Å². The van der Waals surface area contributed by atoms with E-state index in [0.717, 1.165) is 45.1 Å². The molecule has 0 N–H and O–H groups in total. The maximum Gasteiger partial charge on any atom is 0.305 e. The highest BCUT2D eigenvalue weighted by Crippen LogP contribution is 2.28. The minimum Gasteiger partial charge on any atom is -0.463 e. The molecule has 1 saturated heterocycles. The van der Waals surface area contributed by atoms with Crippen LogP contribution < -0.4 is 4.57 Å². The minimum atomic E-state index is -0.550. The zero-order valence-electron chi connectivity index (χ0n) is 27.7. The lowest BCUT2D eigenvalue weighted by atomic mass is 10.0. The molecule has 5 nitrogen and oxygen atoms in total. The van der Waals surface area contributed by atoms with Crippen molar-refractivity contribution in [2.75, 3.05) is 13.2 Å². The molecule has 43 heavy (non-hydrogen) atoms. The Morgan fingerprint density at radius 2 is 1.42 bits per heavy atom. The first-order valence-corrected chi connectivity index (χ1v) is 17.9. The fourth-order valence-electron chi connectivity index (χ4n) is 6.32. The highest BCUT2D eigenvalue weighted by Gasteiger charge is 2.34. The van der Waals surface area contributed by atoms with Gasteiger partial charge in [-0.1, -0.05) is 109 Å². The number of hydrogen-bond acceptors (Lipinski definition) is 4. The third-order valence-corrected chi connectivity index (χ3v) is 9.00. The van der Waals surface area contributed by atoms with Gasteiger partial charge in [-0.25, -0.2) is 0 Å². The number of ether oxygens (including phenoxy) is 3. The van der Waals surface area contributed by atoms with Gasteiger partial charge in [0.1, 0.15) is 13.2 Å². The number of carbonyl (C=O) groups is 1. The summed E-state index contributed by atoms with van der Waals surface area (Å²) in [7, 11) is 0. The van der Waals surface area contributed by atoms with Crippen molar-refractivity contribution < 1.29 is 23.6 Å². The average molecular weight is 597 g/mol. The Hall–Kier alpha value is -1.98. The van der Waals surface area contributed by atoms with E-state index in [0.29, 0.717) is 19.6 Å². The van der Waals surface area contributed by atoms with E-state index >= 15 is 0 Å². The smallest absolute Gasteiger partial charge is 0.305 e. The van der Waals surface area contributed by atoms with Crippen LogP contribution in [0.4, 0.5) is 0 Å². The Morgan fingerprint density at radius 1 is 0.814 bits per heavy atom. The van der Waals surface area contributed by atoms with Crippen LogP contribution in [0, 0.1) is 0 Å². The van der Waals surface area contributed by atoms with Gasteiger partial charge < -0.3 is 14.2 Å². The van der Waals surface area contributed by atoms with Crippen LogP contribution in [0.15, 0.2) is 42.6 Å². The van der Waals surface area contributed by atoms with Crippen LogP contribution in [0.25, 0.3) is 10.9 Å². The fourth-order valence-corrected chi connectivity index (χ4v) is 6.32. The number of unbranched alkanes of at least 4 members (excludes halogenated alkanes) is 16. The molecule has 1 aliphatic rings. The second kappa shape index (κ2) is 21.7. The molecule has 1 aromatic heterocycles. The van der Waals surface area contributed by atoms with Crippen molar-refractivity contribution in [3.63, 3.8) is 0 Å². The number of nitrogens with zero attached hydrogens (tertiary/aromatic N) is 1. The summed E-state index contributed by atoms with van der Waals surface area (Å²) in [5.41, 5.74) is 1.26. The Kier molecular flexibility index (Phi) is 17.9. The predicted molar refractivity (Wildman–Crippen MR) is 177 cm³/mol. The molecular weight excluding hydrogens is 534 g/mol. The number of rotatable bonds is 24. The predicted octanol–water partition coefficient (Wildman–Crippen LogP) is 10.0. The molecule has 2 heterocycles. The van der Waals surface area contributed by atoms with Crippen LogP contribution in [-0.4, -0.2) is 31.1 Å². The molecule has 2 atom stereocenters. The molecule has 2 aromatic rings. The maximum atomic E-state index is 12.4. The summed E-state index contributed by atoms with van der Waals surface area (Å²) < 4.78 is 20.2. The van der Waals surface area contributed by atoms with Gasteiger partial charge >= 0.3 is 5.97 Å². The van der Waals surface area contributed by atoms with E-state index in [1.165, 1.54) is 101 Å². The number of fused-ring (bicyclic) bond motifs is 1. The van der Waals surface area contributed by atoms with Gasteiger partial charge in [-0.3, -0.25) is 4.79 Å². The van der Waals surface area contributed by atoms with Crippen molar-refractivity contribution in [2.24, 2.45) is 0 Å². The molecule has 3 rings (SSSR count). The van der Waals surface area contributed by atoms with Gasteiger partial charge in [0.05, 0.1) is 12.7 Å². The maximum absolute atomic E-state index is 12.4. The van der Waals surface area contributed by atoms with Crippen molar-refractivity contribution in [3.8, 4) is 0 Å². The van der Waals surface area contributed by atoms with E-state index in [2.05, 4.69) is 61.0 Å². The molecule has 1 fully saturated rings. The molecule has 2 unspecified atom stereocenters. The standard InChI is InChI=1S/C38H62NO4/c1-3-4-5-6-7-8-9-10-11-12-13-14-15-16-21-29-38(2)42-32-28-35(43-38)33-41-37(40)27-18-17-22-30-39-31-23-25-34-24-19-20-26-36(34)39/h19-20,23-26,31,35H,3-18,21-22,27-30,32-33H2,1-2H3/q+1. The van der Waals surface area contributed by atoms with Crippen LogP contribution in [0.1, 0.15) is 149 Å². The number of carbonyl (C=O) groups excluding carboxylic acids is 1. The summed E-state index contributed by atoms with van der Waals surface area (Å²) in [6.45, 7) is 6.31. The molecule has 1 aromatic carbocycles. The van der Waals surface area contributed by atoms with Gasteiger partial charge in [0.2, 0.25) is 5.52 Å². The first kappa shape index (κ1) is 35.5. The molecule has 0 saturated carbocycles. The lowest BCUT2D eigenvalue weighted by molar-refractivity contribution is -0.671. The second-order valence-electron chi connectivity index (χ2n) is 13.0. The van der Waals surface area contributed by atoms with Crippen LogP contribution in [0.5, 0.6) is 0 Å². The number of aromatic nitrogens is 1. The average Bonchev–Trinajstić information content (AvgIpc) is 3.02. The highest BCUT2D eigenvalue weighted by molar-refractivity contribution is 5.74. The molecule has 0 aliphatic carbocycles. The van der Waals surface area contributed by atoms with Crippen LogP contribution in [0.3, 0.4) is 0 Å². The zero-order valence-corrected chi connectivity index (χ0v) is 27.7. The van der Waals surface area contributed by atoms with E-state index in [4.69, 9.17) is 14.2 Å². The van der Waals surface area contributed by atoms with Crippen LogP contribution in [0.2, 0.25) is 0 Å². The van der Waals surface area contributed by atoms with Crippen molar-refractivity contribution >= 4 is 16.9 Å². The Bertz CT molecular complexity index is 1010. The number of esters is 1. The third-order valence-electron chi connectivity index (χ3n) is 9.00. The van der Waals surface area contributed by atoms with E-state index in [1.54, 1.807) is 0 Å². The highest BCUT2D eigenvalue weighted by atomic mass is 16.7. The van der Waals surface area contributed by atoms with Crippen LogP contribution in [-0.2, 0) is 25.5 Å². The number of pyridine rings is 1. The van der Waals surface area contributed by atoms with Gasteiger partial charge in [-0.2, -0.15) is 4.57 Å². The third kappa shape index (κ3) is 15.0. The summed E-state index contributed by atoms with van der Waals surface area (Å²) in [5, 5.41) is 1.26. The number of benzene rings is 1. The summed E-state index contributed by atoms with van der Waals surface area (Å²) >= 11 is 0. The monoisotopic (exact) mass is 596 g/mol. The van der Waals surface area contributed by atoms with Crippen molar-refractivity contribution in [1.82, 2.24) is 0 Å². The van der Waals surface area contributed by atoms with Crippen molar-refractivity contribution in [1.29, 1.82) is 0 Å². The van der Waals surface area contributed by atoms with Crippen molar-refractivity contribution in [2.45, 2.75) is 167 Å². The van der Waals surface area contributed by atoms with E-state index < -0.39 is 5.79 Å². The molecule has 0 radical (unpaired) electrons. The molecule has 0 bridgehead atoms. The fraction of sp³-hybridized carbons (Fsp3) is 0.737. The van der Waals surface area contributed by atoms with Gasteiger partial charge in [-0.05, 0) is 38.3 Å². The summed E-state index contributed by atoms with van der Waals surface area (Å²) in [6, 6.07) is 12.7. The zero-order chi connectivity index (χ0) is 30.4. The lowest BCUT2D eigenvalue weighted by Gasteiger charge is -2.38. The molecule has 0 amide bonds. The molecule has 5 heteroatoms. The second-order valence-corrected chi connectivity index (χ2v) is 13.0. The lowest BCUT2D eigenvalue weighted by Crippen LogP contribution is -2.44. The quantitative estimate of drug-likeness (QED) is 0.0687. The summed E-state index contributed by atoms with van der Waals surface area (Å²) in [6.07, 6.45) is 27.7. The number of aryl methyl sites for hydroxylation is 1. The Labute approximate surface area is 263 Å². The topological polar surface area (TPSA) is 48.6 Å². The van der Waals surface area contributed by atoms with Crippen molar-refractivity contribution in [3.05, 3.63) is 42.6 Å². The SMILES string of the molecule is CCCCCCCCCCCCCCCCCC1(C)OCCC(COC(=O)CCCCC[n+]2cccc3ccccc32)O1. The van der Waals surface area contributed by atoms with E-state index in [-0.39, 0.29) is 12.1 Å². The normalized spacial score (nSPS) is 18.7. The number of para-hydroxylation sites is 1. The van der Waals surface area contributed by atoms with Gasteiger partial charge in [0, 0.05) is 43.2 Å². The van der Waals surface area contributed by atoms with E-state index in [9.17, 15) is 4.79 Å². The molecular formula is C38H62NO4+. The largest absolute Gasteiger partial charge is 0.463 e. The summed E-state index contributed by atoms with van der Waals surface area (Å²) in [5.74, 6) is -0.664. The first-order valence-electron chi connectivity index (χ1n) is 17.9. The molecule has 1 aliphatic heterocycles. The van der Waals surface area contributed by atoms with Gasteiger partial charge in [0.15, 0.2) is 12.0 Å². The van der Waals surface area contributed by atoms with Gasteiger partial charge in [-0.15, -0.1) is 0 Å². The molecule has 0 spiro atoms. The summed E-state index contributed by atoms with van der Waals surface area (Å²) in [4.78, 5) is 12.4. The first-order chi connectivity index (χ1) is 21.1. The number of hydrogen-bond donors (Lipinski definition) is 0.